The summed E-state index contributed by atoms with van der Waals surface area (Å²) in [5, 5.41) is 0. The third kappa shape index (κ3) is 1.87. The van der Waals surface area contributed by atoms with Crippen LogP contribution in [-0.4, -0.2) is 25.4 Å². The molecule has 1 aromatic carbocycles. The van der Waals surface area contributed by atoms with Crippen LogP contribution in [0, 0.1) is 5.92 Å². The highest BCUT2D eigenvalue weighted by molar-refractivity contribution is 5.39. The van der Waals surface area contributed by atoms with Gasteiger partial charge in [0.15, 0.2) is 0 Å². The molecule has 2 fully saturated rings. The summed E-state index contributed by atoms with van der Waals surface area (Å²) in [5.74, 6) is 1.09. The second-order valence-corrected chi connectivity index (χ2v) is 5.81. The van der Waals surface area contributed by atoms with Crippen LogP contribution in [0.4, 0.5) is 0 Å². The van der Waals surface area contributed by atoms with Crippen molar-refractivity contribution in [3.63, 3.8) is 0 Å². The molecule has 0 spiro atoms. The third-order valence-electron chi connectivity index (χ3n) is 4.59. The van der Waals surface area contributed by atoms with Gasteiger partial charge in [0.1, 0.15) is 0 Å². The minimum atomic E-state index is 0.175. The Labute approximate surface area is 107 Å². The fourth-order valence-corrected chi connectivity index (χ4v) is 3.47. The zero-order valence-electron chi connectivity index (χ0n) is 10.4. The van der Waals surface area contributed by atoms with Crippen molar-refractivity contribution in [2.45, 2.75) is 37.0 Å². The lowest BCUT2D eigenvalue weighted by atomic mass is 9.84. The van der Waals surface area contributed by atoms with Gasteiger partial charge in [-0.15, -0.1) is 0 Å². The van der Waals surface area contributed by atoms with Crippen molar-refractivity contribution in [3.8, 4) is 0 Å². The van der Waals surface area contributed by atoms with Crippen molar-refractivity contribution in [1.29, 1.82) is 0 Å². The van der Waals surface area contributed by atoms with Crippen LogP contribution in [0.1, 0.15) is 35.9 Å². The summed E-state index contributed by atoms with van der Waals surface area (Å²) in [5.41, 5.74) is 9.25. The Bertz CT molecular complexity index is 454. The molecule has 2 heterocycles. The largest absolute Gasteiger partial charge is 0.373 e. The Kier molecular flexibility index (Phi) is 2.47. The fraction of sp³-hybridized carbons (Fsp3) is 0.600. The van der Waals surface area contributed by atoms with E-state index < -0.39 is 0 Å². The first-order chi connectivity index (χ1) is 8.83. The number of nitrogens with two attached hydrogens (primary N) is 1. The molecule has 2 N–H and O–H groups in total. The molecule has 18 heavy (non-hydrogen) atoms. The molecule has 0 saturated carbocycles. The SMILES string of the molecule is NC1c2ccccc2C(CC2CO2)C1CC1CO1. The van der Waals surface area contributed by atoms with E-state index in [0.717, 1.165) is 26.1 Å². The molecule has 4 rings (SSSR count). The smallest absolute Gasteiger partial charge is 0.0815 e. The normalized spacial score (nSPS) is 40.6. The highest BCUT2D eigenvalue weighted by Crippen LogP contribution is 2.50. The van der Waals surface area contributed by atoms with Gasteiger partial charge in [0.05, 0.1) is 25.4 Å². The highest BCUT2D eigenvalue weighted by atomic mass is 16.6. The number of epoxide rings is 2. The van der Waals surface area contributed by atoms with E-state index in [9.17, 15) is 0 Å². The Hall–Kier alpha value is -0.900. The minimum absolute atomic E-state index is 0.175. The highest BCUT2D eigenvalue weighted by Gasteiger charge is 2.44. The molecule has 0 amide bonds. The van der Waals surface area contributed by atoms with Gasteiger partial charge < -0.3 is 15.2 Å². The van der Waals surface area contributed by atoms with Crippen molar-refractivity contribution in [3.05, 3.63) is 35.4 Å². The quantitative estimate of drug-likeness (QED) is 0.825. The Morgan fingerprint density at radius 1 is 1.00 bits per heavy atom. The zero-order chi connectivity index (χ0) is 12.1. The van der Waals surface area contributed by atoms with Crippen molar-refractivity contribution in [1.82, 2.24) is 0 Å². The molecule has 2 aliphatic heterocycles. The molecule has 2 saturated heterocycles. The minimum Gasteiger partial charge on any atom is -0.373 e. The van der Waals surface area contributed by atoms with Crippen LogP contribution in [0.25, 0.3) is 0 Å². The number of ether oxygens (including phenoxy) is 2. The molecule has 1 aliphatic carbocycles. The third-order valence-corrected chi connectivity index (χ3v) is 4.59. The van der Waals surface area contributed by atoms with Crippen LogP contribution >= 0.6 is 0 Å². The predicted octanol–water partition coefficient (Wildman–Crippen LogP) is 1.98. The van der Waals surface area contributed by atoms with E-state index in [4.69, 9.17) is 15.2 Å². The van der Waals surface area contributed by atoms with Gasteiger partial charge in [-0.3, -0.25) is 0 Å². The van der Waals surface area contributed by atoms with Crippen LogP contribution in [0.5, 0.6) is 0 Å². The number of rotatable bonds is 4. The fourth-order valence-electron chi connectivity index (χ4n) is 3.47. The van der Waals surface area contributed by atoms with Gasteiger partial charge in [-0.05, 0) is 35.8 Å². The average Bonchev–Trinajstić information content (AvgIpc) is 3.27. The predicted molar refractivity (Wildman–Crippen MR) is 68.3 cm³/mol. The van der Waals surface area contributed by atoms with Crippen LogP contribution in [0.3, 0.4) is 0 Å². The molecule has 3 heteroatoms. The molecule has 3 nitrogen and oxygen atoms in total. The molecule has 0 radical (unpaired) electrons. The molecular weight excluding hydrogens is 226 g/mol. The number of hydrogen-bond donors (Lipinski definition) is 1. The Morgan fingerprint density at radius 2 is 1.61 bits per heavy atom. The van der Waals surface area contributed by atoms with Crippen molar-refractivity contribution < 1.29 is 9.47 Å². The molecule has 1 aromatic rings. The maximum atomic E-state index is 6.46. The molecular formula is C15H19NO2. The Morgan fingerprint density at radius 3 is 2.28 bits per heavy atom. The van der Waals surface area contributed by atoms with Crippen molar-refractivity contribution in [2.75, 3.05) is 13.2 Å². The van der Waals surface area contributed by atoms with Crippen LogP contribution in [0.2, 0.25) is 0 Å². The van der Waals surface area contributed by atoms with E-state index in [1.165, 1.54) is 11.1 Å². The van der Waals surface area contributed by atoms with Gasteiger partial charge in [0.25, 0.3) is 0 Å². The summed E-state index contributed by atoms with van der Waals surface area (Å²) < 4.78 is 10.8. The van der Waals surface area contributed by atoms with Crippen LogP contribution in [0.15, 0.2) is 24.3 Å². The summed E-state index contributed by atoms with van der Waals surface area (Å²) in [4.78, 5) is 0. The molecule has 0 bridgehead atoms. The van der Waals surface area contributed by atoms with E-state index in [1.54, 1.807) is 0 Å². The van der Waals surface area contributed by atoms with E-state index in [0.29, 0.717) is 24.0 Å². The maximum Gasteiger partial charge on any atom is 0.0815 e. The molecule has 5 atom stereocenters. The first-order valence-corrected chi connectivity index (χ1v) is 6.90. The number of hydrogen-bond acceptors (Lipinski definition) is 3. The van der Waals surface area contributed by atoms with E-state index in [-0.39, 0.29) is 6.04 Å². The number of benzene rings is 1. The molecule has 3 aliphatic rings. The summed E-state index contributed by atoms with van der Waals surface area (Å²) in [7, 11) is 0. The van der Waals surface area contributed by atoms with Gasteiger partial charge in [0, 0.05) is 6.04 Å². The van der Waals surface area contributed by atoms with E-state index in [1.807, 2.05) is 0 Å². The summed E-state index contributed by atoms with van der Waals surface area (Å²) in [6.45, 7) is 1.85. The Balaban J connectivity index is 1.64. The number of fused-ring (bicyclic) bond motifs is 1. The topological polar surface area (TPSA) is 51.1 Å². The van der Waals surface area contributed by atoms with Gasteiger partial charge >= 0.3 is 0 Å². The van der Waals surface area contributed by atoms with Gasteiger partial charge in [-0.25, -0.2) is 0 Å². The monoisotopic (exact) mass is 245 g/mol. The molecule has 96 valence electrons. The first-order valence-electron chi connectivity index (χ1n) is 6.90. The lowest BCUT2D eigenvalue weighted by Gasteiger charge is -2.22. The standard InChI is InChI=1S/C15H19NO2/c16-15-12-4-2-1-3-11(12)13(5-9-7-17-9)14(15)6-10-8-18-10/h1-4,9-10,13-15H,5-8,16H2. The molecule has 5 unspecified atom stereocenters. The lowest BCUT2D eigenvalue weighted by Crippen LogP contribution is -2.22. The van der Waals surface area contributed by atoms with Crippen LogP contribution in [-0.2, 0) is 9.47 Å². The van der Waals surface area contributed by atoms with Gasteiger partial charge in [-0.2, -0.15) is 0 Å². The second-order valence-electron chi connectivity index (χ2n) is 5.81. The van der Waals surface area contributed by atoms with Crippen molar-refractivity contribution >= 4 is 0 Å². The lowest BCUT2D eigenvalue weighted by molar-refractivity contribution is 0.281. The van der Waals surface area contributed by atoms with Gasteiger partial charge in [-0.1, -0.05) is 24.3 Å². The average molecular weight is 245 g/mol. The summed E-state index contributed by atoms with van der Waals surface area (Å²) in [6.07, 6.45) is 3.16. The zero-order valence-corrected chi connectivity index (χ0v) is 10.4. The maximum absolute atomic E-state index is 6.46. The molecule has 0 aromatic heterocycles. The van der Waals surface area contributed by atoms with Crippen LogP contribution < -0.4 is 5.73 Å². The van der Waals surface area contributed by atoms with E-state index in [2.05, 4.69) is 24.3 Å². The summed E-state index contributed by atoms with van der Waals surface area (Å²) in [6, 6.07) is 8.83. The second kappa shape index (κ2) is 4.05. The summed E-state index contributed by atoms with van der Waals surface area (Å²) >= 11 is 0. The van der Waals surface area contributed by atoms with Gasteiger partial charge in [0.2, 0.25) is 0 Å². The van der Waals surface area contributed by atoms with E-state index >= 15 is 0 Å². The first kappa shape index (κ1) is 11.0. The van der Waals surface area contributed by atoms with Crippen molar-refractivity contribution in [2.24, 2.45) is 11.7 Å².